The first-order chi connectivity index (χ1) is 16.6. The van der Waals surface area contributed by atoms with E-state index in [1.807, 2.05) is 11.8 Å². The molecule has 1 aliphatic heterocycles. The van der Waals surface area contributed by atoms with Crippen molar-refractivity contribution in [1.82, 2.24) is 10.6 Å². The van der Waals surface area contributed by atoms with Crippen LogP contribution in [0.3, 0.4) is 0 Å². The number of rotatable bonds is 10. The van der Waals surface area contributed by atoms with Crippen LogP contribution in [0.4, 0.5) is 10.1 Å². The number of ether oxygens (including phenoxy) is 2. The van der Waals surface area contributed by atoms with Gasteiger partial charge in [-0.25, -0.2) is 4.39 Å². The summed E-state index contributed by atoms with van der Waals surface area (Å²) in [6, 6.07) is 9.14. The molecule has 2 aromatic carbocycles. The second-order valence-electron chi connectivity index (χ2n) is 8.11. The van der Waals surface area contributed by atoms with Crippen molar-refractivity contribution in [3.05, 3.63) is 76.7 Å². The summed E-state index contributed by atoms with van der Waals surface area (Å²) in [4.78, 5) is 26.8. The molecule has 0 bridgehead atoms. The van der Waals surface area contributed by atoms with Gasteiger partial charge >= 0.3 is 0 Å². The average molecular weight is 522 g/mol. The number of hydrogen-bond acceptors (Lipinski definition) is 5. The minimum Gasteiger partial charge on any atom is -0.484 e. The maximum Gasteiger partial charge on any atom is 0.267 e. The molecule has 0 aliphatic carbocycles. The van der Waals surface area contributed by atoms with Gasteiger partial charge in [0.25, 0.3) is 11.8 Å². The largest absolute Gasteiger partial charge is 0.484 e. The van der Waals surface area contributed by atoms with Crippen LogP contribution in [-0.4, -0.2) is 44.2 Å². The second-order valence-corrected chi connectivity index (χ2v) is 8.96. The van der Waals surface area contributed by atoms with E-state index in [4.69, 9.17) is 32.7 Å². The lowest BCUT2D eigenvalue weighted by Gasteiger charge is -2.36. The van der Waals surface area contributed by atoms with Crippen molar-refractivity contribution in [3.8, 4) is 11.5 Å². The van der Waals surface area contributed by atoms with Gasteiger partial charge in [-0.3, -0.25) is 9.59 Å². The molecule has 0 radical (unpaired) electrons. The lowest BCUT2D eigenvalue weighted by molar-refractivity contribution is -0.127. The summed E-state index contributed by atoms with van der Waals surface area (Å²) < 4.78 is 24.6. The van der Waals surface area contributed by atoms with Gasteiger partial charge in [-0.2, -0.15) is 0 Å². The molecule has 2 amide bonds. The van der Waals surface area contributed by atoms with Gasteiger partial charge in [0, 0.05) is 36.3 Å². The summed E-state index contributed by atoms with van der Waals surface area (Å²) in [6.07, 6.45) is -0.455. The van der Waals surface area contributed by atoms with E-state index in [1.165, 1.54) is 12.1 Å². The molecule has 3 rings (SSSR count). The van der Waals surface area contributed by atoms with E-state index in [1.54, 1.807) is 18.2 Å². The second kappa shape index (κ2) is 12.0. The average Bonchev–Trinajstić information content (AvgIpc) is 2.79. The summed E-state index contributed by atoms with van der Waals surface area (Å²) >= 11 is 11.7. The van der Waals surface area contributed by atoms with Crippen LogP contribution in [0.1, 0.15) is 13.3 Å². The minimum atomic E-state index is -0.762. The zero-order valence-corrected chi connectivity index (χ0v) is 20.7. The van der Waals surface area contributed by atoms with E-state index in [2.05, 4.69) is 23.8 Å². The smallest absolute Gasteiger partial charge is 0.267 e. The number of fused-ring (bicyclic) bond motifs is 1. The van der Waals surface area contributed by atoms with E-state index in [9.17, 15) is 14.0 Å². The molecule has 0 aromatic heterocycles. The molecular formula is C25H26Cl2FN3O4. The Kier molecular flexibility index (Phi) is 9.01. The van der Waals surface area contributed by atoms with Crippen molar-refractivity contribution in [2.24, 2.45) is 0 Å². The van der Waals surface area contributed by atoms with Crippen molar-refractivity contribution in [2.75, 3.05) is 31.1 Å². The van der Waals surface area contributed by atoms with Crippen molar-refractivity contribution in [1.29, 1.82) is 0 Å². The fourth-order valence-corrected chi connectivity index (χ4v) is 3.66. The van der Waals surface area contributed by atoms with Gasteiger partial charge in [0.2, 0.25) is 0 Å². The lowest BCUT2D eigenvalue weighted by atomic mass is 10.1. The molecule has 1 heterocycles. The van der Waals surface area contributed by atoms with Crippen molar-refractivity contribution in [2.45, 2.75) is 19.4 Å². The molecule has 35 heavy (non-hydrogen) atoms. The third-order valence-corrected chi connectivity index (χ3v) is 5.52. The lowest BCUT2D eigenvalue weighted by Crippen LogP contribution is -2.49. The van der Waals surface area contributed by atoms with Crippen LogP contribution in [0, 0.1) is 5.82 Å². The van der Waals surface area contributed by atoms with Gasteiger partial charge in [-0.15, -0.1) is 0 Å². The Bertz CT molecular complexity index is 1140. The van der Waals surface area contributed by atoms with E-state index in [0.29, 0.717) is 36.0 Å². The summed E-state index contributed by atoms with van der Waals surface area (Å²) in [5, 5.41) is 5.93. The first-order valence-corrected chi connectivity index (χ1v) is 11.6. The quantitative estimate of drug-likeness (QED) is 0.450. The van der Waals surface area contributed by atoms with Crippen LogP contribution in [0.5, 0.6) is 11.5 Å². The Hall–Kier alpha value is -3.23. The molecule has 0 saturated carbocycles. The normalized spacial score (nSPS) is 14.4. The molecule has 2 aromatic rings. The van der Waals surface area contributed by atoms with Crippen LogP contribution in [0.2, 0.25) is 10.0 Å². The number of hydrogen-bond donors (Lipinski definition) is 2. The number of benzene rings is 2. The Balaban J connectivity index is 1.45. The molecule has 0 spiro atoms. The summed E-state index contributed by atoms with van der Waals surface area (Å²) in [5.41, 5.74) is 2.16. The van der Waals surface area contributed by atoms with Crippen LogP contribution >= 0.6 is 23.2 Å². The first kappa shape index (κ1) is 26.4. The van der Waals surface area contributed by atoms with Gasteiger partial charge < -0.3 is 25.0 Å². The number of anilines is 1. The third-order valence-electron chi connectivity index (χ3n) is 4.98. The van der Waals surface area contributed by atoms with E-state index >= 15 is 0 Å². The molecule has 1 atom stereocenters. The van der Waals surface area contributed by atoms with E-state index in [-0.39, 0.29) is 29.8 Å². The Morgan fingerprint density at radius 3 is 2.71 bits per heavy atom. The van der Waals surface area contributed by atoms with Crippen LogP contribution in [0.25, 0.3) is 0 Å². The molecule has 10 heteroatoms. The fourth-order valence-electron chi connectivity index (χ4n) is 3.37. The molecule has 1 aliphatic rings. The highest BCUT2D eigenvalue weighted by molar-refractivity contribution is 6.31. The molecular weight excluding hydrogens is 496 g/mol. The molecule has 0 fully saturated rings. The first-order valence-electron chi connectivity index (χ1n) is 10.8. The number of halogens is 3. The summed E-state index contributed by atoms with van der Waals surface area (Å²) in [7, 11) is 0. The molecule has 7 nitrogen and oxygen atoms in total. The molecule has 186 valence electrons. The van der Waals surface area contributed by atoms with Gasteiger partial charge in [-0.1, -0.05) is 41.9 Å². The Labute approximate surface area is 213 Å². The zero-order valence-electron chi connectivity index (χ0n) is 19.2. The maximum atomic E-state index is 13.4. The number of amides is 2. The minimum absolute atomic E-state index is 0.0295. The number of carbonyl (C=O) groups excluding carboxylic acids is 2. The highest BCUT2D eigenvalue weighted by atomic mass is 35.5. The van der Waals surface area contributed by atoms with Gasteiger partial charge in [0.05, 0.1) is 17.3 Å². The monoisotopic (exact) mass is 521 g/mol. The van der Waals surface area contributed by atoms with Crippen molar-refractivity contribution < 1.29 is 23.5 Å². The highest BCUT2D eigenvalue weighted by Gasteiger charge is 2.31. The number of nitrogens with one attached hydrogen (secondary N) is 2. The standard InChI is InChI=1S/C25H26Cl2FN3O4/c1-15(2)12-31-13-23(35-22-7-4-17(26)10-21(22)31)25(33)30-16(3)8-9-29-24(32)14-34-18-5-6-19(27)20(28)11-18/h4-7,10-11,23H,1,3,8-9,12-14H2,2H3,(H,29,32)(H,30,33). The Morgan fingerprint density at radius 2 is 2.00 bits per heavy atom. The summed E-state index contributed by atoms with van der Waals surface area (Å²) in [5.74, 6) is -0.632. The van der Waals surface area contributed by atoms with Crippen molar-refractivity contribution >= 4 is 40.7 Å². The van der Waals surface area contributed by atoms with Crippen LogP contribution < -0.4 is 25.0 Å². The number of carbonyl (C=O) groups is 2. The number of nitrogens with zero attached hydrogens (tertiary/aromatic N) is 1. The SMILES string of the molecule is C=C(C)CN1CC(C(=O)NC(=C)CCNC(=O)COc2ccc(Cl)c(F)c2)Oc2ccc(Cl)cc21. The highest BCUT2D eigenvalue weighted by Crippen LogP contribution is 2.36. The maximum absolute atomic E-state index is 13.4. The predicted octanol–water partition coefficient (Wildman–Crippen LogP) is 4.49. The predicted molar refractivity (Wildman–Crippen MR) is 135 cm³/mol. The molecule has 1 unspecified atom stereocenters. The summed E-state index contributed by atoms with van der Waals surface area (Å²) in [6.45, 7) is 10.5. The van der Waals surface area contributed by atoms with Crippen molar-refractivity contribution in [3.63, 3.8) is 0 Å². The molecule has 0 saturated heterocycles. The van der Waals surface area contributed by atoms with Crippen LogP contribution in [0.15, 0.2) is 60.8 Å². The van der Waals surface area contributed by atoms with Gasteiger partial charge in [0.1, 0.15) is 17.3 Å². The molecule has 2 N–H and O–H groups in total. The fraction of sp³-hybridized carbons (Fsp3) is 0.280. The van der Waals surface area contributed by atoms with E-state index in [0.717, 1.165) is 17.3 Å². The topological polar surface area (TPSA) is 79.9 Å². The van der Waals surface area contributed by atoms with Gasteiger partial charge in [-0.05, 0) is 37.3 Å². The third kappa shape index (κ3) is 7.63. The zero-order chi connectivity index (χ0) is 25.5. The van der Waals surface area contributed by atoms with Crippen LogP contribution in [-0.2, 0) is 9.59 Å². The Morgan fingerprint density at radius 1 is 1.23 bits per heavy atom. The van der Waals surface area contributed by atoms with Gasteiger partial charge in [0.15, 0.2) is 12.7 Å². The van der Waals surface area contributed by atoms with E-state index < -0.39 is 17.8 Å².